The number of nitrogens with one attached hydrogen (secondary N) is 2. The van der Waals surface area contributed by atoms with E-state index in [2.05, 4.69) is 15.6 Å². The summed E-state index contributed by atoms with van der Waals surface area (Å²) in [6.07, 6.45) is 0.462. The van der Waals surface area contributed by atoms with E-state index in [0.29, 0.717) is 24.4 Å². The Hall–Kier alpha value is -2.08. The molecule has 1 aromatic carbocycles. The number of carbonyl (C=O) groups excluding carboxylic acids is 2. The third-order valence-corrected chi connectivity index (χ3v) is 2.82. The molecular weight excluding hydrogens is 249 g/mol. The van der Waals surface area contributed by atoms with Gasteiger partial charge in [-0.05, 0) is 24.7 Å². The summed E-state index contributed by atoms with van der Waals surface area (Å²) in [5.74, 6) is -2.22. The summed E-state index contributed by atoms with van der Waals surface area (Å²) in [5.41, 5.74) is 0.318. The third-order valence-electron chi connectivity index (χ3n) is 2.82. The van der Waals surface area contributed by atoms with Crippen LogP contribution in [0.4, 0.5) is 4.39 Å². The topological polar surface area (TPSA) is 70.6 Å². The molecule has 2 N–H and O–H groups in total. The Balaban J connectivity index is 2.22. The Labute approximate surface area is 109 Å². The molecule has 1 atom stereocenters. The van der Waals surface area contributed by atoms with Crippen LogP contribution in [0.25, 0.3) is 0 Å². The van der Waals surface area contributed by atoms with Gasteiger partial charge in [0.1, 0.15) is 17.6 Å². The van der Waals surface area contributed by atoms with E-state index in [4.69, 9.17) is 0 Å². The number of hydrogen-bond acceptors (Lipinski definition) is 3. The molecule has 0 bridgehead atoms. The van der Waals surface area contributed by atoms with Crippen LogP contribution in [-0.4, -0.2) is 31.2 Å². The Bertz CT molecular complexity index is 542. The highest BCUT2D eigenvalue weighted by Gasteiger charge is 2.33. The second-order valence-electron chi connectivity index (χ2n) is 4.23. The molecule has 1 aliphatic heterocycles. The van der Waals surface area contributed by atoms with Gasteiger partial charge >= 0.3 is 0 Å². The van der Waals surface area contributed by atoms with Gasteiger partial charge in [-0.1, -0.05) is 12.1 Å². The highest BCUT2D eigenvalue weighted by molar-refractivity contribution is 6.19. The van der Waals surface area contributed by atoms with Gasteiger partial charge in [-0.2, -0.15) is 4.99 Å². The number of amidine groups is 1. The van der Waals surface area contributed by atoms with E-state index >= 15 is 0 Å². The van der Waals surface area contributed by atoms with Crippen molar-refractivity contribution in [3.8, 4) is 0 Å². The lowest BCUT2D eigenvalue weighted by molar-refractivity contribution is -0.129. The summed E-state index contributed by atoms with van der Waals surface area (Å²) >= 11 is 0. The van der Waals surface area contributed by atoms with Gasteiger partial charge in [0.05, 0.1) is 0 Å². The molecular formula is C13H14FN3O2. The first-order valence-corrected chi connectivity index (χ1v) is 5.94. The van der Waals surface area contributed by atoms with E-state index in [1.807, 2.05) is 0 Å². The predicted octanol–water partition coefficient (Wildman–Crippen LogP) is 0.574. The van der Waals surface area contributed by atoms with E-state index in [1.165, 1.54) is 18.2 Å². The van der Waals surface area contributed by atoms with Crippen molar-refractivity contribution in [2.45, 2.75) is 12.3 Å². The molecule has 0 aliphatic carbocycles. The maximum atomic E-state index is 13.1. The SMILES string of the molecule is CNCCC1=NC(=O)C(c2cccc(F)c2)C(=O)N1. The zero-order chi connectivity index (χ0) is 13.8. The van der Waals surface area contributed by atoms with Crippen molar-refractivity contribution in [2.24, 2.45) is 4.99 Å². The Morgan fingerprint density at radius 1 is 1.42 bits per heavy atom. The Morgan fingerprint density at radius 2 is 2.21 bits per heavy atom. The van der Waals surface area contributed by atoms with Crippen LogP contribution in [0.1, 0.15) is 17.9 Å². The summed E-state index contributed by atoms with van der Waals surface area (Å²) in [5, 5.41) is 5.48. The number of rotatable bonds is 4. The molecule has 2 amide bonds. The standard InChI is InChI=1S/C13H14FN3O2/c1-15-6-5-10-16-12(18)11(13(19)17-10)8-3-2-4-9(14)7-8/h2-4,7,11,15H,5-6H2,1H3,(H,16,17,18,19). The molecule has 1 aliphatic rings. The highest BCUT2D eigenvalue weighted by atomic mass is 19.1. The predicted molar refractivity (Wildman–Crippen MR) is 68.3 cm³/mol. The molecule has 0 saturated carbocycles. The maximum Gasteiger partial charge on any atom is 0.264 e. The highest BCUT2D eigenvalue weighted by Crippen LogP contribution is 2.21. The summed E-state index contributed by atoms with van der Waals surface area (Å²) in [4.78, 5) is 27.7. The smallest absolute Gasteiger partial charge is 0.264 e. The number of hydrogen-bond donors (Lipinski definition) is 2. The molecule has 100 valence electrons. The largest absolute Gasteiger partial charge is 0.319 e. The molecule has 5 nitrogen and oxygen atoms in total. The number of nitrogens with zero attached hydrogens (tertiary/aromatic N) is 1. The van der Waals surface area contributed by atoms with Crippen LogP contribution >= 0.6 is 0 Å². The monoisotopic (exact) mass is 263 g/mol. The summed E-state index contributed by atoms with van der Waals surface area (Å²) in [7, 11) is 1.77. The molecule has 1 aromatic rings. The average Bonchev–Trinajstić information content (AvgIpc) is 2.35. The lowest BCUT2D eigenvalue weighted by Gasteiger charge is -2.20. The van der Waals surface area contributed by atoms with Gasteiger partial charge in [0.15, 0.2) is 0 Å². The van der Waals surface area contributed by atoms with Crippen LogP contribution in [0.3, 0.4) is 0 Å². The van der Waals surface area contributed by atoms with Crippen molar-refractivity contribution >= 4 is 17.6 Å². The molecule has 0 saturated heterocycles. The minimum Gasteiger partial charge on any atom is -0.319 e. The minimum atomic E-state index is -1.06. The van der Waals surface area contributed by atoms with E-state index in [0.717, 1.165) is 0 Å². The average molecular weight is 263 g/mol. The Morgan fingerprint density at radius 3 is 2.84 bits per heavy atom. The van der Waals surface area contributed by atoms with Gasteiger partial charge in [0.2, 0.25) is 5.91 Å². The fraction of sp³-hybridized carbons (Fsp3) is 0.308. The molecule has 19 heavy (non-hydrogen) atoms. The fourth-order valence-electron chi connectivity index (χ4n) is 1.89. The summed E-state index contributed by atoms with van der Waals surface area (Å²) < 4.78 is 13.1. The van der Waals surface area contributed by atoms with Gasteiger partial charge < -0.3 is 10.6 Å². The number of aliphatic imine (C=N–C) groups is 1. The van der Waals surface area contributed by atoms with Crippen molar-refractivity contribution in [3.63, 3.8) is 0 Å². The van der Waals surface area contributed by atoms with E-state index in [-0.39, 0.29) is 0 Å². The molecule has 0 aromatic heterocycles. The lowest BCUT2D eigenvalue weighted by Crippen LogP contribution is -2.43. The fourth-order valence-corrected chi connectivity index (χ4v) is 1.89. The minimum absolute atomic E-state index is 0.318. The van der Waals surface area contributed by atoms with E-state index in [1.54, 1.807) is 13.1 Å². The number of halogens is 1. The Kier molecular flexibility index (Phi) is 4.01. The van der Waals surface area contributed by atoms with Gasteiger partial charge in [0, 0.05) is 13.0 Å². The first kappa shape index (κ1) is 13.4. The lowest BCUT2D eigenvalue weighted by atomic mass is 9.96. The zero-order valence-electron chi connectivity index (χ0n) is 10.4. The van der Waals surface area contributed by atoms with Crippen LogP contribution in [-0.2, 0) is 9.59 Å². The summed E-state index contributed by atoms with van der Waals surface area (Å²) in [6, 6.07) is 5.44. The van der Waals surface area contributed by atoms with Gasteiger partial charge in [-0.3, -0.25) is 9.59 Å². The maximum absolute atomic E-state index is 13.1. The third kappa shape index (κ3) is 3.03. The van der Waals surface area contributed by atoms with Gasteiger partial charge in [0.25, 0.3) is 5.91 Å². The van der Waals surface area contributed by atoms with Crippen molar-refractivity contribution in [2.75, 3.05) is 13.6 Å². The second kappa shape index (κ2) is 5.71. The quantitative estimate of drug-likeness (QED) is 0.780. The number of benzene rings is 1. The molecule has 0 spiro atoms. The first-order chi connectivity index (χ1) is 9.11. The normalized spacial score (nSPS) is 19.1. The van der Waals surface area contributed by atoms with Crippen molar-refractivity contribution < 1.29 is 14.0 Å². The van der Waals surface area contributed by atoms with Gasteiger partial charge in [-0.25, -0.2) is 4.39 Å². The molecule has 0 radical (unpaired) electrons. The van der Waals surface area contributed by atoms with Crippen molar-refractivity contribution in [3.05, 3.63) is 35.6 Å². The van der Waals surface area contributed by atoms with Crippen LogP contribution in [0.5, 0.6) is 0 Å². The molecule has 1 unspecified atom stereocenters. The van der Waals surface area contributed by atoms with Gasteiger partial charge in [-0.15, -0.1) is 0 Å². The van der Waals surface area contributed by atoms with Crippen molar-refractivity contribution in [1.82, 2.24) is 10.6 Å². The van der Waals surface area contributed by atoms with E-state index in [9.17, 15) is 14.0 Å². The molecule has 0 fully saturated rings. The van der Waals surface area contributed by atoms with Crippen LogP contribution < -0.4 is 10.6 Å². The summed E-state index contributed by atoms with van der Waals surface area (Å²) in [6.45, 7) is 0.608. The number of carbonyl (C=O) groups is 2. The molecule has 6 heteroatoms. The van der Waals surface area contributed by atoms with Crippen molar-refractivity contribution in [1.29, 1.82) is 0 Å². The number of amides is 2. The molecule has 1 heterocycles. The van der Waals surface area contributed by atoms with E-state index < -0.39 is 23.5 Å². The van der Waals surface area contributed by atoms with Crippen LogP contribution in [0.2, 0.25) is 0 Å². The van der Waals surface area contributed by atoms with Crippen LogP contribution in [0.15, 0.2) is 29.3 Å². The van der Waals surface area contributed by atoms with Crippen LogP contribution in [0, 0.1) is 5.82 Å². The second-order valence-corrected chi connectivity index (χ2v) is 4.23. The zero-order valence-corrected chi connectivity index (χ0v) is 10.4. The molecule has 2 rings (SSSR count). The first-order valence-electron chi connectivity index (χ1n) is 5.94.